The van der Waals surface area contributed by atoms with Gasteiger partial charge in [-0.15, -0.1) is 0 Å². The summed E-state index contributed by atoms with van der Waals surface area (Å²) >= 11 is 5.89. The number of aliphatic carboxylic acids is 1. The fourth-order valence-corrected chi connectivity index (χ4v) is 2.76. The van der Waals surface area contributed by atoms with Crippen LogP contribution in [0.3, 0.4) is 0 Å². The fraction of sp³-hybridized carbons (Fsp3) is 0.333. The maximum Gasteiger partial charge on any atom is 0.274 e. The summed E-state index contributed by atoms with van der Waals surface area (Å²) in [5.41, 5.74) is 0.570. The van der Waals surface area contributed by atoms with E-state index in [1.54, 1.807) is 13.0 Å². The summed E-state index contributed by atoms with van der Waals surface area (Å²) in [4.78, 5) is 33.9. The second kappa shape index (κ2) is 6.78. The summed E-state index contributed by atoms with van der Waals surface area (Å²) in [7, 11) is 0. The summed E-state index contributed by atoms with van der Waals surface area (Å²) in [6.07, 6.45) is 1.77. The number of rotatable bonds is 4. The van der Waals surface area contributed by atoms with Crippen LogP contribution < -0.4 is 10.4 Å². The van der Waals surface area contributed by atoms with E-state index in [0.29, 0.717) is 10.6 Å². The smallest absolute Gasteiger partial charge is 0.274 e. The number of carbonyl (C=O) groups excluding carboxylic acids is 2. The van der Waals surface area contributed by atoms with Crippen LogP contribution in [-0.4, -0.2) is 16.8 Å². The molecule has 0 saturated heterocycles. The van der Waals surface area contributed by atoms with Crippen LogP contribution in [0.2, 0.25) is 0 Å². The highest BCUT2D eigenvalue weighted by molar-refractivity contribution is 6.29. The topological polar surface area (TPSA) is 112 Å². The van der Waals surface area contributed by atoms with E-state index in [1.807, 2.05) is 0 Å². The first-order valence-electron chi connectivity index (χ1n) is 6.91. The lowest BCUT2D eigenvalue weighted by Crippen LogP contribution is -2.42. The number of allylic oxidation sites excluding steroid dienone is 2. The molecule has 0 saturated carbocycles. The van der Waals surface area contributed by atoms with Gasteiger partial charge in [0.1, 0.15) is 0 Å². The van der Waals surface area contributed by atoms with Gasteiger partial charge in [0, 0.05) is 34.2 Å². The van der Waals surface area contributed by atoms with Gasteiger partial charge in [-0.25, -0.2) is 0 Å². The molecule has 122 valence electrons. The number of nitro groups is 1. The average Bonchev–Trinajstić information content (AvgIpc) is 2.48. The first-order chi connectivity index (χ1) is 10.8. The van der Waals surface area contributed by atoms with Crippen molar-refractivity contribution in [3.63, 3.8) is 0 Å². The van der Waals surface area contributed by atoms with Crippen LogP contribution in [-0.2, 0) is 9.59 Å². The number of carboxylic acids is 1. The third kappa shape index (κ3) is 3.87. The van der Waals surface area contributed by atoms with Gasteiger partial charge in [0.2, 0.25) is 5.91 Å². The highest BCUT2D eigenvalue weighted by Gasteiger charge is 2.32. The molecule has 1 aliphatic rings. The SMILES string of the molecule is Cc1ccc(NC(=O)[C@@H]2CC(Cl)=CC[C@H]2C(=O)[O-])cc1[N+](=O)[O-]. The number of aryl methyl sites for hydroxylation is 1. The molecule has 2 atom stereocenters. The molecule has 1 aliphatic carbocycles. The lowest BCUT2D eigenvalue weighted by Gasteiger charge is -2.29. The zero-order valence-corrected chi connectivity index (χ0v) is 13.0. The minimum absolute atomic E-state index is 0.0972. The molecule has 2 rings (SSSR count). The van der Waals surface area contributed by atoms with Crippen molar-refractivity contribution in [2.45, 2.75) is 19.8 Å². The molecule has 8 heteroatoms. The molecule has 23 heavy (non-hydrogen) atoms. The van der Waals surface area contributed by atoms with Crippen LogP contribution in [0.25, 0.3) is 0 Å². The zero-order valence-electron chi connectivity index (χ0n) is 12.2. The molecule has 0 aromatic heterocycles. The second-order valence-corrected chi connectivity index (χ2v) is 5.86. The first kappa shape index (κ1) is 17.0. The molecule has 0 fully saturated rings. The number of amides is 1. The largest absolute Gasteiger partial charge is 0.550 e. The van der Waals surface area contributed by atoms with E-state index in [9.17, 15) is 24.8 Å². The highest BCUT2D eigenvalue weighted by atomic mass is 35.5. The van der Waals surface area contributed by atoms with Gasteiger partial charge in [-0.05, 0) is 25.8 Å². The number of hydrogen-bond donors (Lipinski definition) is 1. The van der Waals surface area contributed by atoms with Gasteiger partial charge in [0.05, 0.1) is 10.8 Å². The second-order valence-electron chi connectivity index (χ2n) is 5.37. The zero-order chi connectivity index (χ0) is 17.1. The highest BCUT2D eigenvalue weighted by Crippen LogP contribution is 2.32. The lowest BCUT2D eigenvalue weighted by molar-refractivity contribution is -0.385. The number of benzene rings is 1. The van der Waals surface area contributed by atoms with Crippen LogP contribution in [0.5, 0.6) is 0 Å². The quantitative estimate of drug-likeness (QED) is 0.664. The number of carbonyl (C=O) groups is 2. The maximum absolute atomic E-state index is 12.3. The van der Waals surface area contributed by atoms with Crippen molar-refractivity contribution in [3.8, 4) is 0 Å². The van der Waals surface area contributed by atoms with Crippen molar-refractivity contribution in [2.75, 3.05) is 5.32 Å². The van der Waals surface area contributed by atoms with Gasteiger partial charge in [-0.1, -0.05) is 23.7 Å². The Morgan fingerprint density at radius 3 is 2.65 bits per heavy atom. The Labute approximate surface area is 137 Å². The number of hydrogen-bond acceptors (Lipinski definition) is 5. The van der Waals surface area contributed by atoms with Crippen molar-refractivity contribution in [3.05, 3.63) is 45.0 Å². The van der Waals surface area contributed by atoms with Crippen LogP contribution in [0.15, 0.2) is 29.3 Å². The van der Waals surface area contributed by atoms with E-state index < -0.39 is 28.6 Å². The van der Waals surface area contributed by atoms with Crippen molar-refractivity contribution in [1.82, 2.24) is 0 Å². The van der Waals surface area contributed by atoms with Crippen LogP contribution in [0, 0.1) is 28.9 Å². The predicted octanol–water partition coefficient (Wildman–Crippen LogP) is 1.74. The Balaban J connectivity index is 2.21. The van der Waals surface area contributed by atoms with Crippen LogP contribution in [0.1, 0.15) is 18.4 Å². The molecule has 0 heterocycles. The Hall–Kier alpha value is -2.41. The molecule has 1 amide bonds. The number of nitrogens with one attached hydrogen (secondary N) is 1. The Kier molecular flexibility index (Phi) is 5.00. The lowest BCUT2D eigenvalue weighted by atomic mass is 9.82. The molecule has 0 bridgehead atoms. The Bertz CT molecular complexity index is 701. The van der Waals surface area contributed by atoms with E-state index in [0.717, 1.165) is 0 Å². The van der Waals surface area contributed by atoms with E-state index in [1.165, 1.54) is 18.2 Å². The summed E-state index contributed by atoms with van der Waals surface area (Å²) in [5.74, 6) is -3.72. The molecule has 1 N–H and O–H groups in total. The predicted molar refractivity (Wildman–Crippen MR) is 81.6 cm³/mol. The van der Waals surface area contributed by atoms with Crippen LogP contribution in [0.4, 0.5) is 11.4 Å². The van der Waals surface area contributed by atoms with Crippen LogP contribution >= 0.6 is 11.6 Å². The van der Waals surface area contributed by atoms with E-state index in [2.05, 4.69) is 5.32 Å². The summed E-state index contributed by atoms with van der Waals surface area (Å²) < 4.78 is 0. The molecular weight excluding hydrogens is 324 g/mol. The van der Waals surface area contributed by atoms with Crippen molar-refractivity contribution >= 4 is 34.9 Å². The van der Waals surface area contributed by atoms with E-state index in [-0.39, 0.29) is 24.2 Å². The molecular formula is C15H14ClN2O5-. The number of carboxylic acid groups (broad SMARTS) is 1. The molecule has 0 aliphatic heterocycles. The fourth-order valence-electron chi connectivity index (χ4n) is 2.51. The van der Waals surface area contributed by atoms with Crippen molar-refractivity contribution in [2.24, 2.45) is 11.8 Å². The monoisotopic (exact) mass is 337 g/mol. The summed E-state index contributed by atoms with van der Waals surface area (Å²) in [6.45, 7) is 1.58. The first-order valence-corrected chi connectivity index (χ1v) is 7.28. The Morgan fingerprint density at radius 2 is 2.04 bits per heavy atom. The molecule has 0 spiro atoms. The van der Waals surface area contributed by atoms with Gasteiger partial charge in [-0.2, -0.15) is 0 Å². The van der Waals surface area contributed by atoms with E-state index >= 15 is 0 Å². The minimum atomic E-state index is -1.32. The minimum Gasteiger partial charge on any atom is -0.550 e. The molecule has 0 unspecified atom stereocenters. The third-order valence-electron chi connectivity index (χ3n) is 3.81. The van der Waals surface area contributed by atoms with Gasteiger partial charge < -0.3 is 15.2 Å². The van der Waals surface area contributed by atoms with E-state index in [4.69, 9.17) is 11.6 Å². The molecule has 7 nitrogen and oxygen atoms in total. The molecule has 1 aromatic carbocycles. The normalized spacial score (nSPS) is 20.5. The number of nitrogens with zero attached hydrogens (tertiary/aromatic N) is 1. The third-order valence-corrected chi connectivity index (χ3v) is 4.12. The number of nitro benzene ring substituents is 1. The molecule has 0 radical (unpaired) electrons. The summed E-state index contributed by atoms with van der Waals surface area (Å²) in [5, 5.41) is 25.0. The average molecular weight is 338 g/mol. The van der Waals surface area contributed by atoms with Crippen molar-refractivity contribution < 1.29 is 19.6 Å². The Morgan fingerprint density at radius 1 is 1.35 bits per heavy atom. The van der Waals surface area contributed by atoms with Crippen molar-refractivity contribution in [1.29, 1.82) is 0 Å². The number of anilines is 1. The maximum atomic E-state index is 12.3. The van der Waals surface area contributed by atoms with Gasteiger partial charge in [0.25, 0.3) is 5.69 Å². The number of halogens is 1. The standard InChI is InChI=1S/C15H15ClN2O5/c1-8-2-4-10(7-13(8)18(22)23)17-14(19)12-6-9(16)3-5-11(12)15(20)21/h2-4,7,11-12H,5-6H2,1H3,(H,17,19)(H,20,21)/p-1/t11-,12-/m1/s1. The van der Waals surface area contributed by atoms with Gasteiger partial charge in [0.15, 0.2) is 0 Å². The molecule has 1 aromatic rings. The van der Waals surface area contributed by atoms with Gasteiger partial charge >= 0.3 is 0 Å². The van der Waals surface area contributed by atoms with Gasteiger partial charge in [-0.3, -0.25) is 14.9 Å². The summed E-state index contributed by atoms with van der Waals surface area (Å²) in [6, 6.07) is 4.27.